The van der Waals surface area contributed by atoms with Crippen LogP contribution in [0.15, 0.2) is 4.47 Å². The average Bonchev–Trinajstić information content (AvgIpc) is 3.03. The molecule has 0 radical (unpaired) electrons. The number of carbonyl (C=O) groups excluding carboxylic acids is 2. The lowest BCUT2D eigenvalue weighted by atomic mass is 10.1. The molecule has 8 heteroatoms. The fourth-order valence-corrected chi connectivity index (χ4v) is 4.60. The topological polar surface area (TPSA) is 90.0 Å². The van der Waals surface area contributed by atoms with Crippen molar-refractivity contribution in [2.75, 3.05) is 5.32 Å². The van der Waals surface area contributed by atoms with Crippen molar-refractivity contribution in [3.63, 3.8) is 0 Å². The van der Waals surface area contributed by atoms with Gasteiger partial charge >= 0.3 is 0 Å². The molecule has 2 amide bonds. The molecule has 2 aromatic heterocycles. The van der Waals surface area contributed by atoms with Crippen LogP contribution >= 0.6 is 27.3 Å². The number of nitrogens with two attached hydrogens (primary N) is 1. The third-order valence-electron chi connectivity index (χ3n) is 3.76. The van der Waals surface area contributed by atoms with Gasteiger partial charge in [0.05, 0.1) is 15.7 Å². The Hall–Kier alpha value is -1.67. The lowest BCUT2D eigenvalue weighted by Crippen LogP contribution is -2.20. The van der Waals surface area contributed by atoms with Gasteiger partial charge in [0.25, 0.3) is 11.8 Å². The zero-order valence-corrected chi connectivity index (χ0v) is 14.6. The zero-order valence-electron chi connectivity index (χ0n) is 12.2. The second-order valence-corrected chi connectivity index (χ2v) is 7.15. The van der Waals surface area contributed by atoms with Gasteiger partial charge in [0.1, 0.15) is 10.7 Å². The van der Waals surface area contributed by atoms with Crippen LogP contribution in [-0.2, 0) is 19.9 Å². The van der Waals surface area contributed by atoms with Gasteiger partial charge in [-0.1, -0.05) is 0 Å². The van der Waals surface area contributed by atoms with E-state index < -0.39 is 5.91 Å². The molecule has 0 aliphatic heterocycles. The Morgan fingerprint density at radius 1 is 1.41 bits per heavy atom. The Morgan fingerprint density at radius 3 is 2.73 bits per heavy atom. The first-order valence-electron chi connectivity index (χ1n) is 6.85. The number of nitrogens with zero attached hydrogens (tertiary/aromatic N) is 2. The van der Waals surface area contributed by atoms with E-state index in [0.29, 0.717) is 20.7 Å². The molecule has 1 aliphatic carbocycles. The van der Waals surface area contributed by atoms with E-state index in [9.17, 15) is 9.59 Å². The summed E-state index contributed by atoms with van der Waals surface area (Å²) in [6.45, 7) is 1.81. The highest BCUT2D eigenvalue weighted by Gasteiger charge is 2.27. The number of aryl methyl sites for hydroxylation is 3. The van der Waals surface area contributed by atoms with E-state index in [0.717, 1.165) is 35.4 Å². The fraction of sp³-hybridized carbons (Fsp3) is 0.357. The number of fused-ring (bicyclic) bond motifs is 1. The number of nitrogens with one attached hydrogen (secondary N) is 1. The van der Waals surface area contributed by atoms with Gasteiger partial charge in [0.2, 0.25) is 0 Å². The summed E-state index contributed by atoms with van der Waals surface area (Å²) >= 11 is 4.82. The molecule has 0 aromatic carbocycles. The van der Waals surface area contributed by atoms with Gasteiger partial charge in [-0.05, 0) is 47.7 Å². The van der Waals surface area contributed by atoms with E-state index in [1.54, 1.807) is 7.05 Å². The van der Waals surface area contributed by atoms with Crippen molar-refractivity contribution in [1.29, 1.82) is 0 Å². The summed E-state index contributed by atoms with van der Waals surface area (Å²) in [4.78, 5) is 25.4. The standard InChI is InChI=1S/C14H15BrN4O2S/c1-6-10(15)11(19(2)18-6)13(21)17-14-9(12(16)20)7-4-3-5-8(7)22-14/h3-5H2,1-2H3,(H2,16,20)(H,17,21). The van der Waals surface area contributed by atoms with E-state index in [1.807, 2.05) is 6.92 Å². The van der Waals surface area contributed by atoms with Gasteiger partial charge in [-0.25, -0.2) is 0 Å². The molecule has 2 heterocycles. The molecular formula is C14H15BrN4O2S. The molecule has 0 atom stereocenters. The molecule has 116 valence electrons. The molecule has 6 nitrogen and oxygen atoms in total. The van der Waals surface area contributed by atoms with E-state index in [-0.39, 0.29) is 5.91 Å². The normalized spacial score (nSPS) is 13.2. The summed E-state index contributed by atoms with van der Waals surface area (Å²) < 4.78 is 2.16. The van der Waals surface area contributed by atoms with Crippen LogP contribution in [0, 0.1) is 6.92 Å². The summed E-state index contributed by atoms with van der Waals surface area (Å²) in [6.07, 6.45) is 2.81. The molecule has 22 heavy (non-hydrogen) atoms. The summed E-state index contributed by atoms with van der Waals surface area (Å²) in [5.74, 6) is -0.799. The number of thiophene rings is 1. The van der Waals surface area contributed by atoms with Crippen LogP contribution in [0.4, 0.5) is 5.00 Å². The number of primary amides is 1. The van der Waals surface area contributed by atoms with Crippen molar-refractivity contribution in [1.82, 2.24) is 9.78 Å². The van der Waals surface area contributed by atoms with Crippen LogP contribution < -0.4 is 11.1 Å². The Kier molecular flexibility index (Phi) is 3.82. The second-order valence-electron chi connectivity index (χ2n) is 5.25. The molecule has 2 aromatic rings. The number of amides is 2. The molecular weight excluding hydrogens is 368 g/mol. The Labute approximate surface area is 139 Å². The molecule has 0 saturated carbocycles. The lowest BCUT2D eigenvalue weighted by molar-refractivity contribution is 0.100. The van der Waals surface area contributed by atoms with Crippen molar-refractivity contribution in [3.05, 3.63) is 31.9 Å². The van der Waals surface area contributed by atoms with Crippen LogP contribution in [0.3, 0.4) is 0 Å². The van der Waals surface area contributed by atoms with Gasteiger partial charge in [0.15, 0.2) is 0 Å². The fourth-order valence-electron chi connectivity index (χ4n) is 2.79. The molecule has 3 rings (SSSR count). The van der Waals surface area contributed by atoms with Crippen LogP contribution in [0.25, 0.3) is 0 Å². The summed E-state index contributed by atoms with van der Waals surface area (Å²) in [6, 6.07) is 0. The van der Waals surface area contributed by atoms with Gasteiger partial charge in [-0.15, -0.1) is 11.3 Å². The van der Waals surface area contributed by atoms with E-state index >= 15 is 0 Å². The van der Waals surface area contributed by atoms with Gasteiger partial charge in [-0.3, -0.25) is 14.3 Å². The Bertz CT molecular complexity index is 793. The molecule has 3 N–H and O–H groups in total. The quantitative estimate of drug-likeness (QED) is 0.853. The minimum atomic E-state index is -0.491. The zero-order chi connectivity index (χ0) is 16.0. The maximum atomic E-state index is 12.5. The van der Waals surface area contributed by atoms with Crippen LogP contribution in [-0.4, -0.2) is 21.6 Å². The van der Waals surface area contributed by atoms with Gasteiger partial charge in [-0.2, -0.15) is 5.10 Å². The van der Waals surface area contributed by atoms with E-state index in [1.165, 1.54) is 16.0 Å². The third-order valence-corrected chi connectivity index (χ3v) is 5.92. The van der Waals surface area contributed by atoms with Gasteiger partial charge in [0, 0.05) is 11.9 Å². The largest absolute Gasteiger partial charge is 0.365 e. The molecule has 0 spiro atoms. The Morgan fingerprint density at radius 2 is 2.14 bits per heavy atom. The van der Waals surface area contributed by atoms with Crippen molar-refractivity contribution in [3.8, 4) is 0 Å². The molecule has 0 saturated heterocycles. The highest BCUT2D eigenvalue weighted by molar-refractivity contribution is 9.10. The average molecular weight is 383 g/mol. The maximum absolute atomic E-state index is 12.5. The second kappa shape index (κ2) is 5.51. The number of anilines is 1. The molecule has 0 fully saturated rings. The smallest absolute Gasteiger partial charge is 0.275 e. The predicted molar refractivity (Wildman–Crippen MR) is 88.5 cm³/mol. The highest BCUT2D eigenvalue weighted by Crippen LogP contribution is 2.39. The number of halogens is 1. The Balaban J connectivity index is 1.97. The number of hydrogen-bond acceptors (Lipinski definition) is 4. The van der Waals surface area contributed by atoms with Crippen LogP contribution in [0.5, 0.6) is 0 Å². The van der Waals surface area contributed by atoms with Crippen LogP contribution in [0.1, 0.15) is 43.4 Å². The number of aromatic nitrogens is 2. The molecule has 1 aliphatic rings. The monoisotopic (exact) mass is 382 g/mol. The predicted octanol–water partition coefficient (Wildman–Crippen LogP) is 2.39. The van der Waals surface area contributed by atoms with Crippen molar-refractivity contribution >= 4 is 44.1 Å². The van der Waals surface area contributed by atoms with E-state index in [2.05, 4.69) is 26.3 Å². The minimum Gasteiger partial charge on any atom is -0.365 e. The number of hydrogen-bond donors (Lipinski definition) is 2. The molecule has 0 bridgehead atoms. The summed E-state index contributed by atoms with van der Waals surface area (Å²) in [5.41, 5.74) is 8.10. The van der Waals surface area contributed by atoms with Crippen LogP contribution in [0.2, 0.25) is 0 Å². The first-order valence-corrected chi connectivity index (χ1v) is 8.46. The summed E-state index contributed by atoms with van der Waals surface area (Å²) in [7, 11) is 1.70. The highest BCUT2D eigenvalue weighted by atomic mass is 79.9. The van der Waals surface area contributed by atoms with Gasteiger partial charge < -0.3 is 11.1 Å². The lowest BCUT2D eigenvalue weighted by Gasteiger charge is -2.06. The van der Waals surface area contributed by atoms with E-state index in [4.69, 9.17) is 5.73 Å². The summed E-state index contributed by atoms with van der Waals surface area (Å²) in [5, 5.41) is 7.56. The van der Waals surface area contributed by atoms with Crippen molar-refractivity contribution in [2.45, 2.75) is 26.2 Å². The first kappa shape index (κ1) is 15.2. The molecule has 0 unspecified atom stereocenters. The number of carbonyl (C=O) groups is 2. The third kappa shape index (κ3) is 2.36. The van der Waals surface area contributed by atoms with Crippen molar-refractivity contribution in [2.24, 2.45) is 12.8 Å². The van der Waals surface area contributed by atoms with Crippen molar-refractivity contribution < 1.29 is 9.59 Å². The minimum absolute atomic E-state index is 0.308. The SMILES string of the molecule is Cc1nn(C)c(C(=O)Nc2sc3c(c2C(N)=O)CCC3)c1Br. The number of rotatable bonds is 3. The maximum Gasteiger partial charge on any atom is 0.275 e. The first-order chi connectivity index (χ1) is 10.4.